The van der Waals surface area contributed by atoms with Crippen LogP contribution in [-0.4, -0.2) is 36.1 Å². The summed E-state index contributed by atoms with van der Waals surface area (Å²) in [6.07, 6.45) is -1.42. The molecule has 0 spiro atoms. The van der Waals surface area contributed by atoms with Gasteiger partial charge in [0.2, 0.25) is 5.91 Å². The molecule has 148 valence electrons. The lowest BCUT2D eigenvalue weighted by Crippen LogP contribution is -2.49. The lowest BCUT2D eigenvalue weighted by molar-refractivity contribution is -0.153. The van der Waals surface area contributed by atoms with Crippen molar-refractivity contribution in [3.63, 3.8) is 0 Å². The van der Waals surface area contributed by atoms with Gasteiger partial charge in [0.1, 0.15) is 5.75 Å². The van der Waals surface area contributed by atoms with Gasteiger partial charge in [-0.15, -0.1) is 0 Å². The molecule has 1 N–H and O–H groups in total. The molecule has 0 radical (unpaired) electrons. The maximum atomic E-state index is 12.3. The highest BCUT2D eigenvalue weighted by Gasteiger charge is 2.29. The van der Waals surface area contributed by atoms with Crippen molar-refractivity contribution in [2.24, 2.45) is 10.9 Å². The van der Waals surface area contributed by atoms with Crippen molar-refractivity contribution in [3.05, 3.63) is 41.6 Å². The Morgan fingerprint density at radius 1 is 1.26 bits per heavy atom. The van der Waals surface area contributed by atoms with Gasteiger partial charge in [0, 0.05) is 17.8 Å². The van der Waals surface area contributed by atoms with Gasteiger partial charge in [0.05, 0.1) is 6.04 Å². The van der Waals surface area contributed by atoms with E-state index in [1.807, 2.05) is 24.8 Å². The average molecular weight is 383 g/mol. The van der Waals surface area contributed by atoms with E-state index in [0.29, 0.717) is 0 Å². The highest BCUT2D eigenvalue weighted by molar-refractivity contribution is 5.79. The molecule has 1 aromatic carbocycles. The number of benzene rings is 1. The first kappa shape index (κ1) is 20.8. The molecule has 2 rings (SSSR count). The number of carbonyl (C=O) groups is 1. The summed E-state index contributed by atoms with van der Waals surface area (Å²) >= 11 is 0. The molecular formula is C19H24F3N3O2. The molecule has 27 heavy (non-hydrogen) atoms. The molecule has 0 aliphatic carbocycles. The Labute approximate surface area is 156 Å². The number of nitrogens with one attached hydrogen (secondary N) is 1. The predicted octanol–water partition coefficient (Wildman–Crippen LogP) is 4.03. The van der Waals surface area contributed by atoms with Gasteiger partial charge in [-0.1, -0.05) is 26.0 Å². The van der Waals surface area contributed by atoms with Gasteiger partial charge in [-0.2, -0.15) is 13.2 Å². The zero-order valence-corrected chi connectivity index (χ0v) is 15.7. The number of rotatable bonds is 6. The van der Waals surface area contributed by atoms with Gasteiger partial charge in [0.25, 0.3) is 0 Å². The summed E-state index contributed by atoms with van der Waals surface area (Å²) in [4.78, 5) is 18.4. The zero-order valence-electron chi connectivity index (χ0n) is 15.7. The van der Waals surface area contributed by atoms with E-state index in [1.165, 1.54) is 12.1 Å². The molecule has 1 aliphatic rings. The van der Waals surface area contributed by atoms with Crippen LogP contribution in [0.4, 0.5) is 13.2 Å². The Morgan fingerprint density at radius 2 is 1.89 bits per heavy atom. The maximum Gasteiger partial charge on any atom is 0.422 e. The lowest BCUT2D eigenvalue weighted by Gasteiger charge is -2.39. The van der Waals surface area contributed by atoms with Gasteiger partial charge in [-0.3, -0.25) is 4.79 Å². The minimum atomic E-state index is -4.37. The third-order valence-electron chi connectivity index (χ3n) is 4.19. The maximum absolute atomic E-state index is 12.3. The summed E-state index contributed by atoms with van der Waals surface area (Å²) in [5.41, 5.74) is 1.78. The number of halogens is 3. The largest absolute Gasteiger partial charge is 0.484 e. The fraction of sp³-hybridized carbons (Fsp3) is 0.474. The Kier molecular flexibility index (Phi) is 6.51. The van der Waals surface area contributed by atoms with Crippen molar-refractivity contribution in [2.75, 3.05) is 6.61 Å². The molecule has 8 heteroatoms. The van der Waals surface area contributed by atoms with Crippen LogP contribution in [0.1, 0.15) is 39.3 Å². The normalized spacial score (nSPS) is 18.3. The fourth-order valence-electron chi connectivity index (χ4n) is 2.67. The summed E-state index contributed by atoms with van der Waals surface area (Å²) < 4.78 is 41.5. The molecular weight excluding hydrogens is 359 g/mol. The van der Waals surface area contributed by atoms with Crippen molar-refractivity contribution in [1.29, 1.82) is 0 Å². The minimum absolute atomic E-state index is 0.111. The number of nitrogens with zero attached hydrogens (tertiary/aromatic N) is 2. The SMILES string of the molecule is CC1=CC=NC(NC(=O)C(C)C)N1C(C)c1ccc(OCC(F)(F)F)cc1. The lowest BCUT2D eigenvalue weighted by atomic mass is 10.1. The van der Waals surface area contributed by atoms with Crippen LogP contribution >= 0.6 is 0 Å². The van der Waals surface area contributed by atoms with Crippen LogP contribution in [0.5, 0.6) is 5.75 Å². The van der Waals surface area contributed by atoms with Crippen LogP contribution in [0.2, 0.25) is 0 Å². The first-order valence-corrected chi connectivity index (χ1v) is 8.67. The molecule has 0 saturated heterocycles. The number of hydrogen-bond acceptors (Lipinski definition) is 4. The summed E-state index contributed by atoms with van der Waals surface area (Å²) in [5, 5.41) is 2.90. The van der Waals surface area contributed by atoms with Crippen molar-refractivity contribution in [2.45, 2.75) is 46.2 Å². The summed E-state index contributed by atoms with van der Waals surface area (Å²) in [7, 11) is 0. The van der Waals surface area contributed by atoms with E-state index in [-0.39, 0.29) is 23.6 Å². The Hall–Kier alpha value is -2.51. The number of ether oxygens (including phenoxy) is 1. The fourth-order valence-corrected chi connectivity index (χ4v) is 2.67. The molecule has 0 fully saturated rings. The van der Waals surface area contributed by atoms with Crippen LogP contribution in [0, 0.1) is 5.92 Å². The predicted molar refractivity (Wildman–Crippen MR) is 97.3 cm³/mol. The second-order valence-electron chi connectivity index (χ2n) is 6.70. The smallest absolute Gasteiger partial charge is 0.422 e. The second-order valence-corrected chi connectivity index (χ2v) is 6.70. The molecule has 0 saturated carbocycles. The Balaban J connectivity index is 2.13. The minimum Gasteiger partial charge on any atom is -0.484 e. The molecule has 1 aliphatic heterocycles. The topological polar surface area (TPSA) is 53.9 Å². The molecule has 1 aromatic rings. The number of alkyl halides is 3. The highest BCUT2D eigenvalue weighted by atomic mass is 19.4. The van der Waals surface area contributed by atoms with Crippen molar-refractivity contribution in [3.8, 4) is 5.75 Å². The van der Waals surface area contributed by atoms with Gasteiger partial charge in [-0.25, -0.2) is 4.99 Å². The number of hydrogen-bond donors (Lipinski definition) is 1. The second kappa shape index (κ2) is 8.45. The van der Waals surface area contributed by atoms with Crippen LogP contribution in [0.25, 0.3) is 0 Å². The van der Waals surface area contributed by atoms with E-state index in [1.54, 1.807) is 32.2 Å². The van der Waals surface area contributed by atoms with Crippen molar-refractivity contribution >= 4 is 12.1 Å². The number of aliphatic imine (C=N–C) groups is 1. The molecule has 0 bridgehead atoms. The van der Waals surface area contributed by atoms with E-state index < -0.39 is 19.1 Å². The van der Waals surface area contributed by atoms with E-state index >= 15 is 0 Å². The first-order valence-electron chi connectivity index (χ1n) is 8.67. The van der Waals surface area contributed by atoms with E-state index in [4.69, 9.17) is 4.74 Å². The van der Waals surface area contributed by atoms with E-state index in [2.05, 4.69) is 10.3 Å². The molecule has 2 unspecified atom stereocenters. The molecule has 5 nitrogen and oxygen atoms in total. The van der Waals surface area contributed by atoms with Crippen LogP contribution in [-0.2, 0) is 4.79 Å². The standard InChI is InChI=1S/C19H24F3N3O2/c1-12(2)17(26)24-18-23-10-9-13(3)25(18)14(4)15-5-7-16(8-6-15)27-11-19(20,21)22/h5-10,12,14,18H,11H2,1-4H3,(H,24,26). The number of amides is 1. The highest BCUT2D eigenvalue weighted by Crippen LogP contribution is 2.29. The molecule has 1 amide bonds. The third kappa shape index (κ3) is 5.74. The van der Waals surface area contributed by atoms with E-state index in [9.17, 15) is 18.0 Å². The quantitative estimate of drug-likeness (QED) is 0.807. The van der Waals surface area contributed by atoms with Crippen LogP contribution in [0.3, 0.4) is 0 Å². The van der Waals surface area contributed by atoms with Gasteiger partial charge >= 0.3 is 6.18 Å². The number of carbonyl (C=O) groups excluding carboxylic acids is 1. The summed E-state index contributed by atoms with van der Waals surface area (Å²) in [6.45, 7) is 6.14. The van der Waals surface area contributed by atoms with Gasteiger partial charge < -0.3 is 15.0 Å². The zero-order chi connectivity index (χ0) is 20.2. The molecule has 0 aromatic heterocycles. The van der Waals surface area contributed by atoms with Crippen molar-refractivity contribution < 1.29 is 22.7 Å². The van der Waals surface area contributed by atoms with Crippen LogP contribution in [0.15, 0.2) is 41.0 Å². The summed E-state index contributed by atoms with van der Waals surface area (Å²) in [6, 6.07) is 6.27. The monoisotopic (exact) mass is 383 g/mol. The van der Waals surface area contributed by atoms with Crippen LogP contribution < -0.4 is 10.1 Å². The van der Waals surface area contributed by atoms with Gasteiger partial charge in [0.15, 0.2) is 12.9 Å². The summed E-state index contributed by atoms with van der Waals surface area (Å²) in [5.74, 6) is -0.134. The van der Waals surface area contributed by atoms with Gasteiger partial charge in [-0.05, 0) is 37.6 Å². The Bertz CT molecular complexity index is 712. The molecule has 1 heterocycles. The average Bonchev–Trinajstić information content (AvgIpc) is 2.59. The first-order chi connectivity index (χ1) is 12.6. The third-order valence-corrected chi connectivity index (χ3v) is 4.19. The van der Waals surface area contributed by atoms with Crippen molar-refractivity contribution in [1.82, 2.24) is 10.2 Å². The molecule has 2 atom stereocenters. The number of allylic oxidation sites excluding steroid dienone is 2. The Morgan fingerprint density at radius 3 is 2.44 bits per heavy atom. The van der Waals surface area contributed by atoms with E-state index in [0.717, 1.165) is 11.3 Å².